The maximum atomic E-state index is 13.1. The highest BCUT2D eigenvalue weighted by atomic mass is 16.3. The molecule has 25 heavy (non-hydrogen) atoms. The van der Waals surface area contributed by atoms with Crippen LogP contribution in [0.15, 0.2) is 59.3 Å². The first-order chi connectivity index (χ1) is 12.3. The van der Waals surface area contributed by atoms with Crippen LogP contribution >= 0.6 is 0 Å². The molecule has 1 aliphatic rings. The van der Waals surface area contributed by atoms with E-state index in [1.807, 2.05) is 47.4 Å². The fourth-order valence-corrected chi connectivity index (χ4v) is 3.34. The molecular formula is C19H20N4O2. The monoisotopic (exact) mass is 336 g/mol. The Labute approximate surface area is 146 Å². The minimum atomic E-state index is -0.0921. The van der Waals surface area contributed by atoms with Crippen molar-refractivity contribution in [2.24, 2.45) is 0 Å². The molecule has 3 heterocycles. The van der Waals surface area contributed by atoms with E-state index in [9.17, 15) is 4.79 Å². The molecule has 0 N–H and O–H groups in total. The highest BCUT2D eigenvalue weighted by Crippen LogP contribution is 2.31. The van der Waals surface area contributed by atoms with Crippen LogP contribution in [0.3, 0.4) is 0 Å². The molecule has 1 amide bonds. The number of likely N-dealkylation sites (tertiary alicyclic amines) is 1. The van der Waals surface area contributed by atoms with Crippen molar-refractivity contribution in [3.8, 4) is 5.69 Å². The lowest BCUT2D eigenvalue weighted by Crippen LogP contribution is -2.34. The van der Waals surface area contributed by atoms with Crippen LogP contribution < -0.4 is 0 Å². The molecule has 1 fully saturated rings. The van der Waals surface area contributed by atoms with Gasteiger partial charge in [-0.3, -0.25) is 4.79 Å². The number of furan rings is 1. The minimum absolute atomic E-state index is 0.0353. The number of nitrogens with zero attached hydrogens (tertiary/aromatic N) is 4. The lowest BCUT2D eigenvalue weighted by Gasteiger charge is -2.27. The molecule has 0 aliphatic carbocycles. The molecule has 4 rings (SSSR count). The van der Waals surface area contributed by atoms with E-state index in [0.29, 0.717) is 12.2 Å². The Morgan fingerprint density at radius 1 is 1.08 bits per heavy atom. The van der Waals surface area contributed by atoms with E-state index in [1.54, 1.807) is 17.1 Å². The second kappa shape index (κ2) is 6.93. The topological polar surface area (TPSA) is 64.2 Å². The summed E-state index contributed by atoms with van der Waals surface area (Å²) in [7, 11) is 0. The smallest absolute Gasteiger partial charge is 0.276 e. The molecule has 128 valence electrons. The first-order valence-corrected chi connectivity index (χ1v) is 8.65. The Kier molecular flexibility index (Phi) is 4.33. The molecule has 0 spiro atoms. The number of amides is 1. The van der Waals surface area contributed by atoms with Crippen molar-refractivity contribution in [2.45, 2.75) is 31.7 Å². The van der Waals surface area contributed by atoms with Crippen molar-refractivity contribution in [3.63, 3.8) is 0 Å². The van der Waals surface area contributed by atoms with Crippen molar-refractivity contribution >= 4 is 5.91 Å². The third-order valence-electron chi connectivity index (χ3n) is 4.62. The SMILES string of the molecule is O=C(c1cn(-c2ccccc2)nn1)N1CCCCC[C@H]1c1ccco1. The van der Waals surface area contributed by atoms with Crippen molar-refractivity contribution in [1.82, 2.24) is 19.9 Å². The van der Waals surface area contributed by atoms with E-state index >= 15 is 0 Å². The van der Waals surface area contributed by atoms with Crippen LogP contribution in [-0.2, 0) is 0 Å². The number of hydrogen-bond donors (Lipinski definition) is 0. The van der Waals surface area contributed by atoms with Gasteiger partial charge in [0.2, 0.25) is 0 Å². The van der Waals surface area contributed by atoms with Gasteiger partial charge in [-0.15, -0.1) is 5.10 Å². The maximum Gasteiger partial charge on any atom is 0.276 e. The van der Waals surface area contributed by atoms with Gasteiger partial charge in [0, 0.05) is 6.54 Å². The van der Waals surface area contributed by atoms with Gasteiger partial charge in [-0.25, -0.2) is 4.68 Å². The molecule has 1 saturated heterocycles. The zero-order valence-corrected chi connectivity index (χ0v) is 13.9. The van der Waals surface area contributed by atoms with E-state index in [4.69, 9.17) is 4.42 Å². The fourth-order valence-electron chi connectivity index (χ4n) is 3.34. The standard InChI is InChI=1S/C19H20N4O2/c24-19(16-14-23(21-20-16)15-8-3-1-4-9-15)22-12-6-2-5-10-17(22)18-11-7-13-25-18/h1,3-4,7-9,11,13-14,17H,2,5-6,10,12H2/t17-/m0/s1. The van der Waals surface area contributed by atoms with E-state index in [0.717, 1.165) is 37.1 Å². The number of rotatable bonds is 3. The quantitative estimate of drug-likeness (QED) is 0.733. The molecule has 3 aromatic rings. The van der Waals surface area contributed by atoms with Crippen LogP contribution in [0, 0.1) is 0 Å². The number of aromatic nitrogens is 3. The number of hydrogen-bond acceptors (Lipinski definition) is 4. The summed E-state index contributed by atoms with van der Waals surface area (Å²) < 4.78 is 7.22. The highest BCUT2D eigenvalue weighted by Gasteiger charge is 2.30. The Hall–Kier alpha value is -2.89. The number of carbonyl (C=O) groups is 1. The summed E-state index contributed by atoms with van der Waals surface area (Å²) in [6.45, 7) is 0.711. The van der Waals surface area contributed by atoms with E-state index in [2.05, 4.69) is 10.3 Å². The fraction of sp³-hybridized carbons (Fsp3) is 0.316. The first-order valence-electron chi connectivity index (χ1n) is 8.65. The van der Waals surface area contributed by atoms with Gasteiger partial charge in [0.25, 0.3) is 5.91 Å². The summed E-state index contributed by atoms with van der Waals surface area (Å²) in [4.78, 5) is 15.0. The van der Waals surface area contributed by atoms with E-state index in [-0.39, 0.29) is 11.9 Å². The van der Waals surface area contributed by atoms with Gasteiger partial charge in [-0.05, 0) is 37.1 Å². The van der Waals surface area contributed by atoms with Gasteiger partial charge in [-0.1, -0.05) is 36.3 Å². The highest BCUT2D eigenvalue weighted by molar-refractivity contribution is 5.92. The van der Waals surface area contributed by atoms with E-state index < -0.39 is 0 Å². The van der Waals surface area contributed by atoms with Crippen LogP contribution in [0.2, 0.25) is 0 Å². The number of benzene rings is 1. The van der Waals surface area contributed by atoms with Gasteiger partial charge in [0.1, 0.15) is 5.76 Å². The molecule has 6 heteroatoms. The Morgan fingerprint density at radius 3 is 2.76 bits per heavy atom. The average Bonchev–Trinajstić information content (AvgIpc) is 3.30. The zero-order chi connectivity index (χ0) is 17.1. The van der Waals surface area contributed by atoms with Gasteiger partial charge >= 0.3 is 0 Å². The van der Waals surface area contributed by atoms with Crippen molar-refractivity contribution < 1.29 is 9.21 Å². The molecular weight excluding hydrogens is 316 g/mol. The molecule has 0 saturated carbocycles. The maximum absolute atomic E-state index is 13.1. The average molecular weight is 336 g/mol. The second-order valence-electron chi connectivity index (χ2n) is 6.26. The molecule has 0 unspecified atom stereocenters. The summed E-state index contributed by atoms with van der Waals surface area (Å²) >= 11 is 0. The van der Waals surface area contributed by atoms with Crippen molar-refractivity contribution in [3.05, 3.63) is 66.4 Å². The lowest BCUT2D eigenvalue weighted by molar-refractivity contribution is 0.0652. The molecule has 2 aromatic heterocycles. The van der Waals surface area contributed by atoms with Crippen LogP contribution in [0.1, 0.15) is 48.0 Å². The molecule has 6 nitrogen and oxygen atoms in total. The summed E-state index contributed by atoms with van der Waals surface area (Å²) in [5.74, 6) is 0.746. The van der Waals surface area contributed by atoms with Crippen LogP contribution in [-0.4, -0.2) is 32.3 Å². The second-order valence-corrected chi connectivity index (χ2v) is 6.26. The normalized spacial score (nSPS) is 18.1. The molecule has 1 atom stereocenters. The van der Waals surface area contributed by atoms with Gasteiger partial charge in [-0.2, -0.15) is 0 Å². The van der Waals surface area contributed by atoms with Crippen LogP contribution in [0.5, 0.6) is 0 Å². The minimum Gasteiger partial charge on any atom is -0.467 e. The Bertz CT molecular complexity index is 826. The lowest BCUT2D eigenvalue weighted by atomic mass is 10.1. The summed E-state index contributed by atoms with van der Waals surface area (Å²) in [6.07, 6.45) is 7.47. The first kappa shape index (κ1) is 15.6. The summed E-state index contributed by atoms with van der Waals surface area (Å²) in [5.41, 5.74) is 1.25. The molecule has 1 aromatic carbocycles. The predicted octanol–water partition coefficient (Wildman–Crippen LogP) is 3.62. The van der Waals surface area contributed by atoms with Gasteiger partial charge in [0.05, 0.1) is 24.2 Å². The third kappa shape index (κ3) is 3.20. The third-order valence-corrected chi connectivity index (χ3v) is 4.62. The van der Waals surface area contributed by atoms with E-state index in [1.165, 1.54) is 0 Å². The van der Waals surface area contributed by atoms with Gasteiger partial charge < -0.3 is 9.32 Å². The summed E-state index contributed by atoms with van der Waals surface area (Å²) in [6, 6.07) is 13.4. The predicted molar refractivity (Wildman–Crippen MR) is 92.3 cm³/mol. The van der Waals surface area contributed by atoms with Crippen molar-refractivity contribution in [1.29, 1.82) is 0 Å². The van der Waals surface area contributed by atoms with Crippen molar-refractivity contribution in [2.75, 3.05) is 6.54 Å². The van der Waals surface area contributed by atoms with Crippen LogP contribution in [0.4, 0.5) is 0 Å². The molecule has 0 bridgehead atoms. The van der Waals surface area contributed by atoms with Gasteiger partial charge in [0.15, 0.2) is 5.69 Å². The number of para-hydroxylation sites is 1. The largest absolute Gasteiger partial charge is 0.467 e. The number of carbonyl (C=O) groups excluding carboxylic acids is 1. The Morgan fingerprint density at radius 2 is 1.96 bits per heavy atom. The zero-order valence-electron chi connectivity index (χ0n) is 13.9. The summed E-state index contributed by atoms with van der Waals surface area (Å²) in [5, 5.41) is 8.21. The molecule has 0 radical (unpaired) electrons. The molecule has 1 aliphatic heterocycles. The Balaban J connectivity index is 1.61. The van der Waals surface area contributed by atoms with Crippen LogP contribution in [0.25, 0.3) is 5.69 Å².